The molecule has 2 N–H and O–H groups in total. The number of anilines is 5. The lowest BCUT2D eigenvalue weighted by Crippen LogP contribution is -2.59. The summed E-state index contributed by atoms with van der Waals surface area (Å²) < 4.78 is 45.5. The van der Waals surface area contributed by atoms with Gasteiger partial charge in [-0.15, -0.1) is 0 Å². The summed E-state index contributed by atoms with van der Waals surface area (Å²) in [7, 11) is -3.13. The van der Waals surface area contributed by atoms with Crippen LogP contribution in [0.3, 0.4) is 0 Å². The van der Waals surface area contributed by atoms with Gasteiger partial charge in [0.2, 0.25) is 11.9 Å². The number of amides is 1. The quantitative estimate of drug-likeness (QED) is 0.265. The van der Waals surface area contributed by atoms with E-state index in [1.807, 2.05) is 30.2 Å². The van der Waals surface area contributed by atoms with Crippen molar-refractivity contribution < 1.29 is 22.3 Å². The molecular formula is C39H54FN9O4S. The van der Waals surface area contributed by atoms with E-state index in [9.17, 15) is 13.2 Å². The average molecular weight is 764 g/mol. The first-order valence-corrected chi connectivity index (χ1v) is 21.3. The maximum Gasteiger partial charge on any atom is 0.247 e. The van der Waals surface area contributed by atoms with Crippen molar-refractivity contribution in [1.82, 2.24) is 24.8 Å². The highest BCUT2D eigenvalue weighted by Gasteiger charge is 2.39. The van der Waals surface area contributed by atoms with E-state index in [0.717, 1.165) is 74.3 Å². The first kappa shape index (κ1) is 38.4. The molecule has 7 rings (SSSR count). The van der Waals surface area contributed by atoms with Gasteiger partial charge in [-0.05, 0) is 67.3 Å². The molecular weight excluding hydrogens is 710 g/mol. The topological polar surface area (TPSA) is 136 Å². The van der Waals surface area contributed by atoms with Crippen LogP contribution in [0.4, 0.5) is 33.3 Å². The number of carbonyl (C=O) groups is 1. The van der Waals surface area contributed by atoms with Gasteiger partial charge in [0.15, 0.2) is 0 Å². The van der Waals surface area contributed by atoms with Gasteiger partial charge in [0, 0.05) is 112 Å². The van der Waals surface area contributed by atoms with E-state index in [1.165, 1.54) is 12.3 Å². The van der Waals surface area contributed by atoms with Crippen molar-refractivity contribution in [2.45, 2.75) is 70.2 Å². The van der Waals surface area contributed by atoms with Crippen molar-refractivity contribution in [3.63, 3.8) is 0 Å². The zero-order valence-corrected chi connectivity index (χ0v) is 32.7. The molecule has 3 aromatic rings. The summed E-state index contributed by atoms with van der Waals surface area (Å²) in [6.45, 7) is 16.7. The second-order valence-corrected chi connectivity index (χ2v) is 17.9. The molecule has 1 aromatic carbocycles. The van der Waals surface area contributed by atoms with Crippen LogP contribution < -0.4 is 20.4 Å². The minimum absolute atomic E-state index is 0.00305. The highest BCUT2D eigenvalue weighted by atomic mass is 32.2. The number of ether oxygens (including phenoxy) is 1. The molecule has 0 radical (unpaired) electrons. The molecule has 0 saturated carbocycles. The first-order chi connectivity index (χ1) is 25.9. The minimum Gasteiger partial charge on any atom is -0.381 e. The van der Waals surface area contributed by atoms with Crippen LogP contribution in [-0.4, -0.2) is 134 Å². The Labute approximate surface area is 318 Å². The van der Waals surface area contributed by atoms with Crippen molar-refractivity contribution in [2.24, 2.45) is 5.92 Å². The number of piperidine rings is 1. The number of nitrogens with one attached hydrogen (secondary N) is 2. The summed E-state index contributed by atoms with van der Waals surface area (Å²) in [6, 6.07) is 6.16. The Kier molecular flexibility index (Phi) is 11.4. The fourth-order valence-electron chi connectivity index (χ4n) is 8.79. The van der Waals surface area contributed by atoms with Crippen LogP contribution in [0.1, 0.15) is 51.5 Å². The van der Waals surface area contributed by atoms with E-state index in [2.05, 4.69) is 50.7 Å². The van der Waals surface area contributed by atoms with Crippen LogP contribution in [-0.2, 0) is 19.4 Å². The predicted molar refractivity (Wildman–Crippen MR) is 212 cm³/mol. The number of fused-ring (bicyclic) bond motifs is 1. The van der Waals surface area contributed by atoms with Crippen LogP contribution >= 0.6 is 0 Å². The number of hydrogen-bond donors (Lipinski definition) is 2. The summed E-state index contributed by atoms with van der Waals surface area (Å²) in [5, 5.41) is 8.16. The van der Waals surface area contributed by atoms with E-state index >= 15 is 4.39 Å². The van der Waals surface area contributed by atoms with Gasteiger partial charge in [0.1, 0.15) is 27.6 Å². The van der Waals surface area contributed by atoms with Gasteiger partial charge in [-0.2, -0.15) is 4.98 Å². The molecule has 2 aromatic heterocycles. The number of carbonyl (C=O) groups excluding carboxylic acids is 1. The normalized spacial score (nSPS) is 24.8. The zero-order valence-electron chi connectivity index (χ0n) is 31.9. The number of benzene rings is 1. The lowest BCUT2D eigenvalue weighted by molar-refractivity contribution is -0.111. The largest absolute Gasteiger partial charge is 0.381 e. The third-order valence-corrected chi connectivity index (χ3v) is 12.7. The molecule has 4 atom stereocenters. The van der Waals surface area contributed by atoms with Crippen LogP contribution in [0.25, 0.3) is 10.8 Å². The van der Waals surface area contributed by atoms with Crippen LogP contribution in [0.15, 0.2) is 43.2 Å². The van der Waals surface area contributed by atoms with Crippen LogP contribution in [0.2, 0.25) is 0 Å². The van der Waals surface area contributed by atoms with Crippen LogP contribution in [0, 0.1) is 5.92 Å². The third kappa shape index (κ3) is 8.33. The number of alkyl halides is 1. The van der Waals surface area contributed by atoms with Crippen molar-refractivity contribution in [3.05, 3.63) is 48.8 Å². The van der Waals surface area contributed by atoms with Gasteiger partial charge >= 0.3 is 0 Å². The molecule has 1 amide bonds. The fourth-order valence-corrected chi connectivity index (χ4v) is 9.95. The Hall–Kier alpha value is -3.92. The lowest BCUT2D eigenvalue weighted by atomic mass is 9.88. The summed E-state index contributed by atoms with van der Waals surface area (Å²) >= 11 is 0. The van der Waals surface area contributed by atoms with Crippen molar-refractivity contribution in [2.75, 3.05) is 91.5 Å². The number of sulfone groups is 1. The second-order valence-electron chi connectivity index (χ2n) is 15.7. The van der Waals surface area contributed by atoms with E-state index in [4.69, 9.17) is 14.7 Å². The van der Waals surface area contributed by atoms with E-state index in [-0.39, 0.29) is 42.1 Å². The second kappa shape index (κ2) is 16.0. The molecule has 6 heterocycles. The first-order valence-electron chi connectivity index (χ1n) is 19.3. The van der Waals surface area contributed by atoms with E-state index in [0.29, 0.717) is 48.8 Å². The Morgan fingerprint density at radius 2 is 1.78 bits per heavy atom. The number of aromatic nitrogens is 3. The molecule has 13 nitrogen and oxygen atoms in total. The maximum atomic E-state index is 15.8. The third-order valence-electron chi connectivity index (χ3n) is 11.7. The molecule has 0 unspecified atom stereocenters. The van der Waals surface area contributed by atoms with Gasteiger partial charge in [-0.3, -0.25) is 14.6 Å². The molecule has 292 valence electrons. The highest BCUT2D eigenvalue weighted by molar-refractivity contribution is 7.90. The average Bonchev–Trinajstić information content (AvgIpc) is 3.15. The van der Waals surface area contributed by atoms with Crippen molar-refractivity contribution in [3.8, 4) is 0 Å². The Bertz CT molecular complexity index is 1950. The Morgan fingerprint density at radius 1 is 1.04 bits per heavy atom. The number of piperazine rings is 1. The molecule has 0 spiro atoms. The van der Waals surface area contributed by atoms with Crippen molar-refractivity contribution >= 4 is 55.5 Å². The molecule has 54 heavy (non-hydrogen) atoms. The number of halogens is 1. The number of rotatable bonds is 11. The molecule has 4 aliphatic rings. The van der Waals surface area contributed by atoms with Crippen molar-refractivity contribution in [1.29, 1.82) is 0 Å². The van der Waals surface area contributed by atoms with E-state index < -0.39 is 16.0 Å². The minimum atomic E-state index is -3.13. The standard InChI is InChI=1S/C39H54FN9O4S/c1-6-37(50)43-32-20-34(49-22-27(26(49)4)24-54(5,51)52)30-21-42-36(19-29(30)38(32)25(2)3)44-35-7-11-41-39(45-35)48-12-8-33(31(40)23-48)47-15-13-46(14-16-47)28-9-17-53-18-10-28/h6-7,11,19-21,25-28,31,33H,1,8-10,12-18,22-24H2,2-5H3,(H,43,50)(H,41,42,44,45)/t26-,27-,31+,33-/m1/s1. The number of nitrogens with zero attached hydrogens (tertiary/aromatic N) is 7. The predicted octanol–water partition coefficient (Wildman–Crippen LogP) is 4.60. The maximum absolute atomic E-state index is 15.8. The summed E-state index contributed by atoms with van der Waals surface area (Å²) in [6.07, 6.45) is 7.89. The summed E-state index contributed by atoms with van der Waals surface area (Å²) in [5.74, 6) is 1.42. The van der Waals surface area contributed by atoms with Gasteiger partial charge < -0.3 is 25.2 Å². The zero-order chi connectivity index (χ0) is 38.1. The van der Waals surface area contributed by atoms with Crippen LogP contribution in [0.5, 0.6) is 0 Å². The summed E-state index contributed by atoms with van der Waals surface area (Å²) in [5.41, 5.74) is 2.49. The monoisotopic (exact) mass is 763 g/mol. The smallest absolute Gasteiger partial charge is 0.247 e. The number of pyridine rings is 1. The fraction of sp³-hybridized carbons (Fsp3) is 0.590. The Balaban J connectivity index is 1.08. The highest BCUT2D eigenvalue weighted by Crippen LogP contribution is 2.43. The molecule has 0 aliphatic carbocycles. The van der Waals surface area contributed by atoms with E-state index in [1.54, 1.807) is 12.3 Å². The Morgan fingerprint density at radius 3 is 2.44 bits per heavy atom. The number of hydrogen-bond acceptors (Lipinski definition) is 12. The van der Waals surface area contributed by atoms with Gasteiger partial charge in [-0.1, -0.05) is 20.4 Å². The molecule has 4 fully saturated rings. The summed E-state index contributed by atoms with van der Waals surface area (Å²) in [4.78, 5) is 35.7. The SMILES string of the molecule is C=CC(=O)Nc1cc(N2C[C@H](CS(C)(=O)=O)[C@H]2C)c2cnc(Nc3ccnc(N4CC[C@@H](N5CCN(C6CCOCC6)CC5)[C@@H](F)C4)n3)cc2c1C(C)C. The lowest BCUT2D eigenvalue weighted by Gasteiger charge is -2.48. The van der Waals surface area contributed by atoms with Gasteiger partial charge in [0.05, 0.1) is 12.3 Å². The van der Waals surface area contributed by atoms with Gasteiger partial charge in [0.25, 0.3) is 0 Å². The molecule has 4 saturated heterocycles. The molecule has 15 heteroatoms. The van der Waals surface area contributed by atoms with Gasteiger partial charge in [-0.25, -0.2) is 22.8 Å². The molecule has 0 bridgehead atoms. The molecule has 4 aliphatic heterocycles.